The molecule has 0 aromatic heterocycles. The molecule has 0 amide bonds. The van der Waals surface area contributed by atoms with Gasteiger partial charge in [-0.05, 0) is 68.3 Å². The first-order valence-electron chi connectivity index (χ1n) is 8.50. The standard InChI is InChI=1S/C18H25NO2S/c1-18(16-8-14-7-15(10-16)11-17(18)9-14)19-22(20,21)12-13-5-3-2-4-6-13/h2-6,14-17,19H,7-12H2,1H3. The lowest BCUT2D eigenvalue weighted by Gasteiger charge is -2.60. The average Bonchev–Trinajstić information content (AvgIpc) is 2.44. The minimum absolute atomic E-state index is 0.0930. The molecule has 3 nitrogen and oxygen atoms in total. The van der Waals surface area contributed by atoms with Crippen LogP contribution in [-0.4, -0.2) is 14.0 Å². The van der Waals surface area contributed by atoms with E-state index >= 15 is 0 Å². The second-order valence-corrected chi connectivity index (χ2v) is 9.66. The van der Waals surface area contributed by atoms with Crippen molar-refractivity contribution in [1.29, 1.82) is 0 Å². The summed E-state index contributed by atoms with van der Waals surface area (Å²) in [6.07, 6.45) is 6.27. The topological polar surface area (TPSA) is 46.2 Å². The fourth-order valence-corrected chi connectivity index (χ4v) is 7.20. The van der Waals surface area contributed by atoms with Crippen LogP contribution in [0.2, 0.25) is 0 Å². The summed E-state index contributed by atoms with van der Waals surface area (Å²) >= 11 is 0. The quantitative estimate of drug-likeness (QED) is 0.925. The van der Waals surface area contributed by atoms with Crippen molar-refractivity contribution in [2.75, 3.05) is 0 Å². The lowest BCUT2D eigenvalue weighted by molar-refractivity contribution is -0.0543. The zero-order valence-corrected chi connectivity index (χ0v) is 14.0. The third kappa shape index (κ3) is 2.50. The van der Waals surface area contributed by atoms with Gasteiger partial charge in [-0.3, -0.25) is 0 Å². The van der Waals surface area contributed by atoms with Crippen LogP contribution in [0.15, 0.2) is 30.3 Å². The molecule has 4 fully saturated rings. The molecule has 0 spiro atoms. The Morgan fingerprint density at radius 2 is 1.55 bits per heavy atom. The van der Waals surface area contributed by atoms with Crippen LogP contribution >= 0.6 is 0 Å². The van der Waals surface area contributed by atoms with Crippen molar-refractivity contribution in [3.8, 4) is 0 Å². The van der Waals surface area contributed by atoms with Crippen LogP contribution in [0.3, 0.4) is 0 Å². The van der Waals surface area contributed by atoms with Crippen molar-refractivity contribution >= 4 is 10.0 Å². The smallest absolute Gasteiger partial charge is 0.212 e. The minimum atomic E-state index is -3.29. The Morgan fingerprint density at radius 1 is 1.00 bits per heavy atom. The molecule has 0 radical (unpaired) electrons. The van der Waals surface area contributed by atoms with E-state index in [0.29, 0.717) is 11.8 Å². The van der Waals surface area contributed by atoms with Gasteiger partial charge in [0.25, 0.3) is 0 Å². The van der Waals surface area contributed by atoms with Gasteiger partial charge >= 0.3 is 0 Å². The van der Waals surface area contributed by atoms with E-state index in [-0.39, 0.29) is 11.3 Å². The highest BCUT2D eigenvalue weighted by Crippen LogP contribution is 2.58. The normalized spacial score (nSPS) is 40.0. The van der Waals surface area contributed by atoms with Gasteiger partial charge in [-0.25, -0.2) is 13.1 Å². The van der Waals surface area contributed by atoms with Crippen molar-refractivity contribution < 1.29 is 8.42 Å². The highest BCUT2D eigenvalue weighted by Gasteiger charge is 2.55. The summed E-state index contributed by atoms with van der Waals surface area (Å²) in [5.41, 5.74) is 0.642. The summed E-state index contributed by atoms with van der Waals surface area (Å²) in [4.78, 5) is 0. The molecule has 0 heterocycles. The molecule has 1 N–H and O–H groups in total. The van der Waals surface area contributed by atoms with Gasteiger partial charge in [0.1, 0.15) is 0 Å². The van der Waals surface area contributed by atoms with E-state index in [1.54, 1.807) is 0 Å². The molecule has 5 rings (SSSR count). The van der Waals surface area contributed by atoms with Crippen molar-refractivity contribution in [2.45, 2.75) is 50.3 Å². The maximum atomic E-state index is 12.7. The molecule has 0 aliphatic heterocycles. The van der Waals surface area contributed by atoms with E-state index in [1.165, 1.54) is 32.1 Å². The summed E-state index contributed by atoms with van der Waals surface area (Å²) in [5, 5.41) is 0. The van der Waals surface area contributed by atoms with E-state index in [4.69, 9.17) is 0 Å². The van der Waals surface area contributed by atoms with E-state index < -0.39 is 10.0 Å². The molecule has 4 aliphatic rings. The molecule has 1 aromatic carbocycles. The number of hydrogen-bond acceptors (Lipinski definition) is 2. The maximum Gasteiger partial charge on any atom is 0.216 e. The van der Waals surface area contributed by atoms with E-state index in [9.17, 15) is 8.42 Å². The predicted octanol–water partition coefficient (Wildman–Crippen LogP) is 3.32. The monoisotopic (exact) mass is 319 g/mol. The SMILES string of the molecule is CC1(NS(=O)(=O)Cc2ccccc2)C2CC3CC(C2)CC1C3. The fourth-order valence-electron chi connectivity index (χ4n) is 5.49. The third-order valence-corrected chi connectivity index (χ3v) is 7.87. The van der Waals surface area contributed by atoms with Gasteiger partial charge in [0.15, 0.2) is 0 Å². The molecule has 0 atom stereocenters. The molecule has 4 saturated carbocycles. The van der Waals surface area contributed by atoms with Crippen molar-refractivity contribution in [3.63, 3.8) is 0 Å². The van der Waals surface area contributed by atoms with Crippen LogP contribution in [0.4, 0.5) is 0 Å². The van der Waals surface area contributed by atoms with Gasteiger partial charge < -0.3 is 0 Å². The molecule has 4 heteroatoms. The molecule has 4 bridgehead atoms. The number of benzene rings is 1. The first kappa shape index (κ1) is 14.7. The second kappa shape index (κ2) is 5.07. The third-order valence-electron chi connectivity index (χ3n) is 6.41. The van der Waals surface area contributed by atoms with Crippen LogP contribution in [0.1, 0.15) is 44.6 Å². The van der Waals surface area contributed by atoms with E-state index in [1.807, 2.05) is 30.3 Å². The van der Waals surface area contributed by atoms with Crippen LogP contribution in [0.25, 0.3) is 0 Å². The highest BCUT2D eigenvalue weighted by molar-refractivity contribution is 7.88. The van der Waals surface area contributed by atoms with Gasteiger partial charge in [0.05, 0.1) is 5.75 Å². The van der Waals surface area contributed by atoms with Crippen LogP contribution < -0.4 is 4.72 Å². The highest BCUT2D eigenvalue weighted by atomic mass is 32.2. The van der Waals surface area contributed by atoms with E-state index in [2.05, 4.69) is 11.6 Å². The molecule has 4 aliphatic carbocycles. The minimum Gasteiger partial charge on any atom is -0.212 e. The Hall–Kier alpha value is -0.870. The summed E-state index contributed by atoms with van der Waals surface area (Å²) in [6.45, 7) is 2.17. The number of sulfonamides is 1. The fraction of sp³-hybridized carbons (Fsp3) is 0.667. The molecular weight excluding hydrogens is 294 g/mol. The summed E-state index contributed by atoms with van der Waals surface area (Å²) in [5.74, 6) is 2.88. The van der Waals surface area contributed by atoms with Crippen LogP contribution in [0, 0.1) is 23.7 Å². The summed E-state index contributed by atoms with van der Waals surface area (Å²) in [6, 6.07) is 9.49. The Morgan fingerprint density at radius 3 is 2.09 bits per heavy atom. The molecule has 0 saturated heterocycles. The van der Waals surface area contributed by atoms with Crippen molar-refractivity contribution in [3.05, 3.63) is 35.9 Å². The summed E-state index contributed by atoms with van der Waals surface area (Å²) < 4.78 is 28.5. The van der Waals surface area contributed by atoms with Crippen molar-refractivity contribution in [2.24, 2.45) is 23.7 Å². The number of nitrogens with one attached hydrogen (secondary N) is 1. The molecule has 1 aromatic rings. The Labute approximate surface area is 133 Å². The number of hydrogen-bond donors (Lipinski definition) is 1. The lowest BCUT2D eigenvalue weighted by atomic mass is 9.49. The lowest BCUT2D eigenvalue weighted by Crippen LogP contribution is -2.64. The maximum absolute atomic E-state index is 12.7. The second-order valence-electron chi connectivity index (χ2n) is 7.93. The Bertz CT molecular complexity index is 625. The van der Waals surface area contributed by atoms with Gasteiger partial charge in [-0.1, -0.05) is 30.3 Å². The Kier molecular flexibility index (Phi) is 3.39. The first-order chi connectivity index (χ1) is 10.4. The van der Waals surface area contributed by atoms with Crippen LogP contribution in [0.5, 0.6) is 0 Å². The van der Waals surface area contributed by atoms with Gasteiger partial charge in [-0.2, -0.15) is 0 Å². The zero-order chi connectivity index (χ0) is 15.4. The van der Waals surface area contributed by atoms with Crippen LogP contribution in [-0.2, 0) is 15.8 Å². The molecule has 22 heavy (non-hydrogen) atoms. The van der Waals surface area contributed by atoms with Gasteiger partial charge in [0.2, 0.25) is 10.0 Å². The zero-order valence-electron chi connectivity index (χ0n) is 13.2. The van der Waals surface area contributed by atoms with Gasteiger partial charge in [-0.15, -0.1) is 0 Å². The van der Waals surface area contributed by atoms with E-state index in [0.717, 1.165) is 17.4 Å². The van der Waals surface area contributed by atoms with Gasteiger partial charge in [0, 0.05) is 5.54 Å². The molecule has 120 valence electrons. The molecule has 0 unspecified atom stereocenters. The largest absolute Gasteiger partial charge is 0.216 e. The number of rotatable bonds is 4. The predicted molar refractivity (Wildman–Crippen MR) is 87.7 cm³/mol. The average molecular weight is 319 g/mol. The van der Waals surface area contributed by atoms with Crippen molar-refractivity contribution in [1.82, 2.24) is 4.72 Å². The first-order valence-corrected chi connectivity index (χ1v) is 10.2. The molecular formula is C18H25NO2S. The Balaban J connectivity index is 1.54. The summed E-state index contributed by atoms with van der Waals surface area (Å²) in [7, 11) is -3.29.